The molecule has 1 rings (SSSR count). The fourth-order valence-electron chi connectivity index (χ4n) is 0.922. The van der Waals surface area contributed by atoms with Crippen molar-refractivity contribution in [1.29, 1.82) is 0 Å². The second kappa shape index (κ2) is 3.34. The molecule has 0 fully saturated rings. The Kier molecular flexibility index (Phi) is 2.41. The van der Waals surface area contributed by atoms with E-state index in [1.165, 1.54) is 0 Å². The van der Waals surface area contributed by atoms with E-state index < -0.39 is 29.0 Å². The number of aromatic nitrogens is 1. The van der Waals surface area contributed by atoms with Gasteiger partial charge in [0.15, 0.2) is 5.43 Å². The second-order valence-corrected chi connectivity index (χ2v) is 2.30. The minimum Gasteiger partial charge on any atom is -0.365 e. The highest BCUT2D eigenvalue weighted by Gasteiger charge is 2.19. The average Bonchev–Trinajstić information content (AvgIpc) is 2.02. The molecule has 0 unspecified atom stereocenters. The molecule has 0 spiro atoms. The van der Waals surface area contributed by atoms with Crippen LogP contribution in [0.25, 0.3) is 0 Å². The normalized spacial score (nSPS) is 10.4. The van der Waals surface area contributed by atoms with E-state index >= 15 is 0 Å². The van der Waals surface area contributed by atoms with Gasteiger partial charge >= 0.3 is 0 Å². The molecule has 0 aliphatic heterocycles. The number of carbonyl (C=O) groups is 1. The van der Waals surface area contributed by atoms with Crippen molar-refractivity contribution in [2.24, 2.45) is 5.73 Å². The lowest BCUT2D eigenvalue weighted by Gasteiger charge is -2.03. The molecule has 0 saturated heterocycles. The standard InChI is InChI=1S/C7H6F2N2O2/c8-6(9)5-4(7(10)13)3(12)1-2-11-5/h1-2,6H,(H2,10,13)(H,11,12). The van der Waals surface area contributed by atoms with Crippen LogP contribution >= 0.6 is 0 Å². The van der Waals surface area contributed by atoms with Crippen molar-refractivity contribution in [1.82, 2.24) is 4.98 Å². The molecule has 0 saturated carbocycles. The first kappa shape index (κ1) is 9.37. The van der Waals surface area contributed by atoms with Crippen LogP contribution in [0.5, 0.6) is 0 Å². The van der Waals surface area contributed by atoms with E-state index in [1.807, 2.05) is 0 Å². The van der Waals surface area contributed by atoms with Crippen molar-refractivity contribution in [2.45, 2.75) is 6.43 Å². The molecule has 0 aromatic carbocycles. The van der Waals surface area contributed by atoms with Crippen LogP contribution < -0.4 is 11.2 Å². The van der Waals surface area contributed by atoms with E-state index in [9.17, 15) is 18.4 Å². The van der Waals surface area contributed by atoms with Crippen LogP contribution in [0.3, 0.4) is 0 Å². The summed E-state index contributed by atoms with van der Waals surface area (Å²) in [4.78, 5) is 23.7. The van der Waals surface area contributed by atoms with Crippen molar-refractivity contribution in [3.05, 3.63) is 33.7 Å². The van der Waals surface area contributed by atoms with Gasteiger partial charge in [-0.05, 0) is 0 Å². The minimum absolute atomic E-state index is 0.683. The summed E-state index contributed by atoms with van der Waals surface area (Å²) in [6, 6.07) is 0.964. The van der Waals surface area contributed by atoms with Crippen LogP contribution in [0.15, 0.2) is 17.1 Å². The van der Waals surface area contributed by atoms with Crippen LogP contribution in [0.1, 0.15) is 22.5 Å². The molecule has 6 heteroatoms. The Morgan fingerprint density at radius 2 is 2.15 bits per heavy atom. The molecule has 0 radical (unpaired) electrons. The predicted octanol–water partition coefficient (Wildman–Crippen LogP) is 0.411. The Morgan fingerprint density at radius 1 is 1.54 bits per heavy atom. The first-order valence-corrected chi connectivity index (χ1v) is 3.33. The zero-order valence-electron chi connectivity index (χ0n) is 6.38. The van der Waals surface area contributed by atoms with E-state index in [2.05, 4.69) is 4.98 Å². The molecule has 70 valence electrons. The van der Waals surface area contributed by atoms with Gasteiger partial charge in [0.1, 0.15) is 5.56 Å². The van der Waals surface area contributed by atoms with E-state index in [0.29, 0.717) is 0 Å². The Hall–Kier alpha value is -1.72. The van der Waals surface area contributed by atoms with E-state index in [1.54, 1.807) is 0 Å². The SMILES string of the molecule is NC(=O)c1c(C(F)F)[nH]ccc1=O. The maximum atomic E-state index is 12.2. The molecule has 4 nitrogen and oxygen atoms in total. The average molecular weight is 188 g/mol. The second-order valence-electron chi connectivity index (χ2n) is 2.30. The van der Waals surface area contributed by atoms with Crippen molar-refractivity contribution in [2.75, 3.05) is 0 Å². The number of amides is 1. The number of aromatic amines is 1. The number of carbonyl (C=O) groups excluding carboxylic acids is 1. The smallest absolute Gasteiger partial charge is 0.279 e. The van der Waals surface area contributed by atoms with Crippen molar-refractivity contribution in [3.8, 4) is 0 Å². The minimum atomic E-state index is -2.92. The first-order valence-electron chi connectivity index (χ1n) is 3.33. The third kappa shape index (κ3) is 1.71. The molecule has 13 heavy (non-hydrogen) atoms. The van der Waals surface area contributed by atoms with Gasteiger partial charge in [0.25, 0.3) is 12.3 Å². The van der Waals surface area contributed by atoms with E-state index in [-0.39, 0.29) is 0 Å². The van der Waals surface area contributed by atoms with Gasteiger partial charge in [-0.3, -0.25) is 9.59 Å². The van der Waals surface area contributed by atoms with Crippen LogP contribution in [-0.2, 0) is 0 Å². The molecule has 1 aromatic heterocycles. The Bertz CT molecular complexity index is 386. The Balaban J connectivity index is 3.43. The Labute approximate surface area is 71.4 Å². The lowest BCUT2D eigenvalue weighted by Crippen LogP contribution is -2.24. The zero-order valence-corrected chi connectivity index (χ0v) is 6.38. The van der Waals surface area contributed by atoms with Crippen molar-refractivity contribution < 1.29 is 13.6 Å². The number of hydrogen-bond donors (Lipinski definition) is 2. The van der Waals surface area contributed by atoms with Gasteiger partial charge in [0.2, 0.25) is 0 Å². The highest BCUT2D eigenvalue weighted by atomic mass is 19.3. The van der Waals surface area contributed by atoms with Crippen LogP contribution in [0, 0.1) is 0 Å². The lowest BCUT2D eigenvalue weighted by atomic mass is 10.2. The summed E-state index contributed by atoms with van der Waals surface area (Å²) < 4.78 is 24.4. The van der Waals surface area contributed by atoms with Gasteiger partial charge in [-0.25, -0.2) is 8.78 Å². The summed E-state index contributed by atoms with van der Waals surface area (Å²) in [7, 11) is 0. The summed E-state index contributed by atoms with van der Waals surface area (Å²) >= 11 is 0. The number of halogens is 2. The fraction of sp³-hybridized carbons (Fsp3) is 0.143. The molecule has 3 N–H and O–H groups in total. The van der Waals surface area contributed by atoms with E-state index in [4.69, 9.17) is 5.73 Å². The summed E-state index contributed by atoms with van der Waals surface area (Å²) in [6.45, 7) is 0. The number of primary amides is 1. The monoisotopic (exact) mass is 188 g/mol. The highest BCUT2D eigenvalue weighted by molar-refractivity contribution is 5.93. The maximum Gasteiger partial charge on any atom is 0.279 e. The van der Waals surface area contributed by atoms with Gasteiger partial charge in [0.05, 0.1) is 5.69 Å². The summed E-state index contributed by atoms with van der Waals surface area (Å²) in [5.41, 5.74) is 2.54. The molecule has 1 heterocycles. The van der Waals surface area contributed by atoms with Gasteiger partial charge in [-0.1, -0.05) is 0 Å². The van der Waals surface area contributed by atoms with Crippen LogP contribution in [-0.4, -0.2) is 10.9 Å². The largest absolute Gasteiger partial charge is 0.365 e. The number of rotatable bonds is 2. The van der Waals surface area contributed by atoms with Gasteiger partial charge in [-0.15, -0.1) is 0 Å². The van der Waals surface area contributed by atoms with E-state index in [0.717, 1.165) is 12.3 Å². The predicted molar refractivity (Wildman–Crippen MR) is 40.5 cm³/mol. The third-order valence-electron chi connectivity index (χ3n) is 1.45. The molecule has 1 amide bonds. The molecular weight excluding hydrogens is 182 g/mol. The van der Waals surface area contributed by atoms with Gasteiger partial charge < -0.3 is 10.7 Å². The zero-order chi connectivity index (χ0) is 10.0. The van der Waals surface area contributed by atoms with Crippen LogP contribution in [0.4, 0.5) is 8.78 Å². The number of nitrogens with two attached hydrogens (primary N) is 1. The topological polar surface area (TPSA) is 76.0 Å². The first-order chi connectivity index (χ1) is 6.04. The summed E-state index contributed by atoms with van der Waals surface area (Å²) in [5.74, 6) is -1.16. The molecular formula is C7H6F2N2O2. The third-order valence-corrected chi connectivity index (χ3v) is 1.45. The lowest BCUT2D eigenvalue weighted by molar-refractivity contribution is 0.0981. The molecule has 0 aliphatic rings. The number of nitrogens with one attached hydrogen (secondary N) is 1. The van der Waals surface area contributed by atoms with Crippen molar-refractivity contribution in [3.63, 3.8) is 0 Å². The maximum absolute atomic E-state index is 12.2. The number of pyridine rings is 1. The fourth-order valence-corrected chi connectivity index (χ4v) is 0.922. The van der Waals surface area contributed by atoms with Crippen LogP contribution in [0.2, 0.25) is 0 Å². The molecule has 1 aromatic rings. The molecule has 0 bridgehead atoms. The number of hydrogen-bond acceptors (Lipinski definition) is 2. The van der Waals surface area contributed by atoms with Gasteiger partial charge in [0, 0.05) is 12.3 Å². The molecule has 0 atom stereocenters. The number of alkyl halides is 2. The molecule has 0 aliphatic carbocycles. The highest BCUT2D eigenvalue weighted by Crippen LogP contribution is 2.17. The Morgan fingerprint density at radius 3 is 2.54 bits per heavy atom. The van der Waals surface area contributed by atoms with Gasteiger partial charge in [-0.2, -0.15) is 0 Å². The number of H-pyrrole nitrogens is 1. The quantitative estimate of drug-likeness (QED) is 0.705. The summed E-state index contributed by atoms with van der Waals surface area (Å²) in [5, 5.41) is 0. The van der Waals surface area contributed by atoms with Crippen molar-refractivity contribution >= 4 is 5.91 Å². The summed E-state index contributed by atoms with van der Waals surface area (Å²) in [6.07, 6.45) is -1.88.